The minimum atomic E-state index is -0.270. The highest BCUT2D eigenvalue weighted by Crippen LogP contribution is 2.36. The molecule has 2 saturated heterocycles. The normalized spacial score (nSPS) is 21.0. The van der Waals surface area contributed by atoms with Gasteiger partial charge < -0.3 is 9.64 Å². The Balaban J connectivity index is 2.02. The van der Waals surface area contributed by atoms with E-state index >= 15 is 0 Å². The molecule has 0 N–H and O–H groups in total. The van der Waals surface area contributed by atoms with Crippen LogP contribution in [-0.4, -0.2) is 51.5 Å². The quantitative estimate of drug-likeness (QED) is 0.177. The SMILES string of the molecule is CCCCCCCCN1C(=O)/C(=C\c2c(C)c(C#N)c(=O)n(CCCC)c2N2CC(C)OC(C)C2)SC1=S. The minimum Gasteiger partial charge on any atom is -0.372 e. The van der Waals surface area contributed by atoms with Crippen LogP contribution >= 0.6 is 24.0 Å². The second kappa shape index (κ2) is 14.3. The first kappa shape index (κ1) is 30.4. The molecule has 3 heterocycles. The van der Waals surface area contributed by atoms with Crippen molar-refractivity contribution in [2.24, 2.45) is 0 Å². The maximum atomic E-state index is 13.5. The number of unbranched alkanes of at least 4 members (excludes halogenated alkanes) is 6. The molecule has 0 bridgehead atoms. The second-order valence-corrected chi connectivity index (χ2v) is 12.1. The van der Waals surface area contributed by atoms with Gasteiger partial charge in [0.25, 0.3) is 11.5 Å². The van der Waals surface area contributed by atoms with Crippen molar-refractivity contribution in [1.82, 2.24) is 9.47 Å². The van der Waals surface area contributed by atoms with Crippen LogP contribution in [0.25, 0.3) is 6.08 Å². The van der Waals surface area contributed by atoms with Crippen molar-refractivity contribution < 1.29 is 9.53 Å². The molecule has 0 aliphatic carbocycles. The van der Waals surface area contributed by atoms with Crippen LogP contribution in [0.1, 0.15) is 95.8 Å². The zero-order valence-electron chi connectivity index (χ0n) is 23.5. The molecule has 0 spiro atoms. The van der Waals surface area contributed by atoms with E-state index in [1.165, 1.54) is 37.4 Å². The molecule has 2 unspecified atom stereocenters. The Bertz CT molecular complexity index is 1140. The highest BCUT2D eigenvalue weighted by atomic mass is 32.2. The number of thioether (sulfide) groups is 1. The number of hydrogen-bond acceptors (Lipinski definition) is 7. The number of amides is 1. The predicted octanol–water partition coefficient (Wildman–Crippen LogP) is 6.00. The first-order chi connectivity index (χ1) is 18.2. The molecule has 7 nitrogen and oxygen atoms in total. The lowest BCUT2D eigenvalue weighted by Crippen LogP contribution is -2.48. The average Bonchev–Trinajstić information content (AvgIpc) is 3.13. The van der Waals surface area contributed by atoms with E-state index in [-0.39, 0.29) is 29.2 Å². The number of rotatable bonds is 12. The van der Waals surface area contributed by atoms with Crippen LogP contribution in [0.3, 0.4) is 0 Å². The van der Waals surface area contributed by atoms with Gasteiger partial charge >= 0.3 is 0 Å². The van der Waals surface area contributed by atoms with Crippen molar-refractivity contribution in [1.29, 1.82) is 5.26 Å². The van der Waals surface area contributed by atoms with Gasteiger partial charge in [-0.05, 0) is 45.3 Å². The third kappa shape index (κ3) is 7.08. The van der Waals surface area contributed by atoms with Gasteiger partial charge in [0.2, 0.25) is 0 Å². The van der Waals surface area contributed by atoms with E-state index < -0.39 is 0 Å². The van der Waals surface area contributed by atoms with Crippen LogP contribution in [0, 0.1) is 18.3 Å². The summed E-state index contributed by atoms with van der Waals surface area (Å²) in [5.41, 5.74) is 1.22. The predicted molar refractivity (Wildman–Crippen MR) is 161 cm³/mol. The number of ether oxygens (including phenoxy) is 1. The number of anilines is 1. The minimum absolute atomic E-state index is 0.00665. The topological polar surface area (TPSA) is 78.6 Å². The van der Waals surface area contributed by atoms with Crippen molar-refractivity contribution >= 4 is 46.1 Å². The fraction of sp³-hybridized carbons (Fsp3) is 0.655. The van der Waals surface area contributed by atoms with E-state index in [1.807, 2.05) is 26.8 Å². The lowest BCUT2D eigenvalue weighted by Gasteiger charge is -2.39. The third-order valence-electron chi connectivity index (χ3n) is 7.19. The zero-order chi connectivity index (χ0) is 27.8. The van der Waals surface area contributed by atoms with Gasteiger partial charge in [0.1, 0.15) is 21.8 Å². The van der Waals surface area contributed by atoms with E-state index in [1.54, 1.807) is 9.47 Å². The number of aromatic nitrogens is 1. The first-order valence-corrected chi connectivity index (χ1v) is 15.3. The Morgan fingerprint density at radius 2 is 1.66 bits per heavy atom. The Labute approximate surface area is 237 Å². The smallest absolute Gasteiger partial charge is 0.270 e. The Hall–Kier alpha value is -2.15. The Morgan fingerprint density at radius 1 is 1.03 bits per heavy atom. The van der Waals surface area contributed by atoms with E-state index in [2.05, 4.69) is 24.8 Å². The lowest BCUT2D eigenvalue weighted by molar-refractivity contribution is -0.122. The molecule has 9 heteroatoms. The first-order valence-electron chi connectivity index (χ1n) is 14.1. The molecule has 38 heavy (non-hydrogen) atoms. The van der Waals surface area contributed by atoms with Gasteiger partial charge in [0.15, 0.2) is 0 Å². The second-order valence-electron chi connectivity index (χ2n) is 10.4. The van der Waals surface area contributed by atoms with Crippen molar-refractivity contribution in [2.75, 3.05) is 24.5 Å². The summed E-state index contributed by atoms with van der Waals surface area (Å²) in [6.45, 7) is 12.5. The number of carbonyl (C=O) groups is 1. The average molecular weight is 559 g/mol. The fourth-order valence-corrected chi connectivity index (χ4v) is 6.52. The van der Waals surface area contributed by atoms with Crippen LogP contribution < -0.4 is 10.5 Å². The molecular formula is C29H42N4O3S2. The highest BCUT2D eigenvalue weighted by molar-refractivity contribution is 8.26. The standard InChI is InChI=1S/C29H42N4O3S2/c1-6-8-10-11-12-13-15-33-28(35)25(38-29(33)37)16-23-22(5)24(17-30)27(34)32(14-9-7-2)26(23)31-18-20(3)36-21(4)19-31/h16,20-21H,6-15,18-19H2,1-5H3/b25-16+. The van der Waals surface area contributed by atoms with Crippen LogP contribution in [0.2, 0.25) is 0 Å². The van der Waals surface area contributed by atoms with E-state index in [0.717, 1.165) is 37.1 Å². The number of hydrogen-bond donors (Lipinski definition) is 0. The third-order valence-corrected chi connectivity index (χ3v) is 8.56. The van der Waals surface area contributed by atoms with Crippen LogP contribution in [0.4, 0.5) is 5.82 Å². The number of thiocarbonyl (C=S) groups is 1. The molecule has 2 atom stereocenters. The largest absolute Gasteiger partial charge is 0.372 e. The van der Waals surface area contributed by atoms with Crippen molar-refractivity contribution in [3.05, 3.63) is 31.9 Å². The summed E-state index contributed by atoms with van der Waals surface area (Å²) in [6.07, 6.45) is 10.5. The maximum absolute atomic E-state index is 13.5. The molecule has 1 amide bonds. The number of morpholine rings is 1. The van der Waals surface area contributed by atoms with Gasteiger partial charge in [-0.2, -0.15) is 5.26 Å². The van der Waals surface area contributed by atoms with Crippen LogP contribution in [0.15, 0.2) is 9.70 Å². The van der Waals surface area contributed by atoms with E-state index in [0.29, 0.717) is 41.0 Å². The van der Waals surface area contributed by atoms with Gasteiger partial charge in [-0.25, -0.2) is 0 Å². The van der Waals surface area contributed by atoms with E-state index in [9.17, 15) is 14.9 Å². The van der Waals surface area contributed by atoms with Gasteiger partial charge in [0, 0.05) is 31.7 Å². The number of carbonyl (C=O) groups excluding carboxylic acids is 1. The van der Waals surface area contributed by atoms with Crippen molar-refractivity contribution in [3.8, 4) is 6.07 Å². The fourth-order valence-electron chi connectivity index (χ4n) is 5.23. The molecule has 2 aliphatic rings. The Kier molecular flexibility index (Phi) is 11.4. The molecule has 2 aliphatic heterocycles. The molecule has 1 aromatic heterocycles. The monoisotopic (exact) mass is 558 g/mol. The van der Waals surface area contributed by atoms with Crippen LogP contribution in [0.5, 0.6) is 0 Å². The van der Waals surface area contributed by atoms with Crippen molar-refractivity contribution in [2.45, 2.75) is 105 Å². The number of nitrogens with zero attached hydrogens (tertiary/aromatic N) is 4. The van der Waals surface area contributed by atoms with Crippen molar-refractivity contribution in [3.63, 3.8) is 0 Å². The lowest BCUT2D eigenvalue weighted by atomic mass is 10.0. The summed E-state index contributed by atoms with van der Waals surface area (Å²) >= 11 is 6.91. The molecule has 2 fully saturated rings. The zero-order valence-corrected chi connectivity index (χ0v) is 25.2. The summed E-state index contributed by atoms with van der Waals surface area (Å²) in [7, 11) is 0. The molecule has 0 aromatic carbocycles. The molecule has 208 valence electrons. The summed E-state index contributed by atoms with van der Waals surface area (Å²) in [4.78, 5) is 31.4. The highest BCUT2D eigenvalue weighted by Gasteiger charge is 2.34. The maximum Gasteiger partial charge on any atom is 0.270 e. The molecule has 0 saturated carbocycles. The van der Waals surface area contributed by atoms with Gasteiger partial charge in [-0.1, -0.05) is 76.4 Å². The van der Waals surface area contributed by atoms with Gasteiger partial charge in [-0.3, -0.25) is 19.1 Å². The molecule has 1 aromatic rings. The van der Waals surface area contributed by atoms with Crippen LogP contribution in [-0.2, 0) is 16.1 Å². The molecule has 0 radical (unpaired) electrons. The summed E-state index contributed by atoms with van der Waals surface area (Å²) in [6, 6.07) is 2.14. The summed E-state index contributed by atoms with van der Waals surface area (Å²) < 4.78 is 8.28. The van der Waals surface area contributed by atoms with Gasteiger partial charge in [-0.15, -0.1) is 0 Å². The summed E-state index contributed by atoms with van der Waals surface area (Å²) in [5, 5.41) is 9.91. The molecular weight excluding hydrogens is 516 g/mol. The summed E-state index contributed by atoms with van der Waals surface area (Å²) in [5.74, 6) is 0.676. The molecule has 3 rings (SSSR count). The van der Waals surface area contributed by atoms with Gasteiger partial charge in [0.05, 0.1) is 17.1 Å². The number of nitriles is 1. The van der Waals surface area contributed by atoms with E-state index in [4.69, 9.17) is 17.0 Å². The Morgan fingerprint density at radius 3 is 2.29 bits per heavy atom. The number of pyridine rings is 1.